The Morgan fingerprint density at radius 3 is 2.53 bits per heavy atom. The number of rotatable bonds is 9. The molecule has 0 radical (unpaired) electrons. The van der Waals surface area contributed by atoms with Crippen LogP contribution in [0, 0.1) is 0 Å². The maximum atomic E-state index is 6.43. The SMILES string of the molecule is C=C/C=C(/C=C\C=C/C)\C=C/N(/C1=C/c2c(c3ccccc3n2-c2ccc3c(c2)oc2ccccc23)CC/C=C\C1=C)c1ccccc1C1=CC=CCC=C1. The summed E-state index contributed by atoms with van der Waals surface area (Å²) in [7, 11) is 0. The zero-order valence-electron chi connectivity index (χ0n) is 31.2. The van der Waals surface area contributed by atoms with Crippen LogP contribution in [-0.4, -0.2) is 4.57 Å². The van der Waals surface area contributed by atoms with Crippen molar-refractivity contribution < 1.29 is 4.42 Å². The van der Waals surface area contributed by atoms with Gasteiger partial charge in [0.2, 0.25) is 0 Å². The quantitative estimate of drug-likeness (QED) is 0.139. The lowest BCUT2D eigenvalue weighted by atomic mass is 10.0. The molecule has 6 aromatic rings. The molecule has 0 bridgehead atoms. The van der Waals surface area contributed by atoms with Crippen LogP contribution >= 0.6 is 0 Å². The highest BCUT2D eigenvalue weighted by Crippen LogP contribution is 2.39. The van der Waals surface area contributed by atoms with Crippen LogP contribution in [0.4, 0.5) is 5.69 Å². The van der Waals surface area contributed by atoms with Crippen molar-refractivity contribution >= 4 is 50.2 Å². The fourth-order valence-electron chi connectivity index (χ4n) is 7.58. The van der Waals surface area contributed by atoms with Gasteiger partial charge in [-0.2, -0.15) is 0 Å². The summed E-state index contributed by atoms with van der Waals surface area (Å²) in [6.45, 7) is 10.7. The van der Waals surface area contributed by atoms with Crippen molar-refractivity contribution in [2.24, 2.45) is 0 Å². The Balaban J connectivity index is 1.39. The van der Waals surface area contributed by atoms with Crippen molar-refractivity contribution in [3.05, 3.63) is 229 Å². The summed E-state index contributed by atoms with van der Waals surface area (Å²) in [5.41, 5.74) is 12.6. The molecule has 3 nitrogen and oxygen atoms in total. The van der Waals surface area contributed by atoms with Crippen LogP contribution in [0.25, 0.3) is 50.2 Å². The molecule has 3 heteroatoms. The Hall–Kier alpha value is -6.84. The summed E-state index contributed by atoms with van der Waals surface area (Å²) in [4.78, 5) is 2.30. The predicted octanol–water partition coefficient (Wildman–Crippen LogP) is 14.1. The van der Waals surface area contributed by atoms with Crippen molar-refractivity contribution in [3.63, 3.8) is 0 Å². The lowest BCUT2D eigenvalue weighted by Crippen LogP contribution is -2.18. The Morgan fingerprint density at radius 2 is 1.64 bits per heavy atom. The summed E-state index contributed by atoms with van der Waals surface area (Å²) in [5, 5.41) is 3.48. The van der Waals surface area contributed by atoms with Crippen LogP contribution in [0.2, 0.25) is 0 Å². The molecule has 55 heavy (non-hydrogen) atoms. The first-order valence-corrected chi connectivity index (χ1v) is 19.0. The number of furan rings is 1. The van der Waals surface area contributed by atoms with Gasteiger partial charge in [-0.25, -0.2) is 0 Å². The van der Waals surface area contributed by atoms with Gasteiger partial charge in [0.15, 0.2) is 0 Å². The van der Waals surface area contributed by atoms with E-state index in [9.17, 15) is 0 Å². The number of hydrogen-bond donors (Lipinski definition) is 0. The third kappa shape index (κ3) is 7.13. The molecule has 0 saturated carbocycles. The zero-order valence-corrected chi connectivity index (χ0v) is 31.2. The fraction of sp³-hybridized carbons (Fsp3) is 0.0769. The van der Waals surface area contributed by atoms with Crippen molar-refractivity contribution in [2.75, 3.05) is 4.90 Å². The molecule has 268 valence electrons. The molecule has 0 unspecified atom stereocenters. The van der Waals surface area contributed by atoms with E-state index >= 15 is 0 Å². The van der Waals surface area contributed by atoms with Crippen molar-refractivity contribution in [3.8, 4) is 5.69 Å². The van der Waals surface area contributed by atoms with E-state index in [1.807, 2.05) is 43.4 Å². The molecule has 0 atom stereocenters. The van der Waals surface area contributed by atoms with Crippen molar-refractivity contribution in [1.82, 2.24) is 4.57 Å². The average molecular weight is 713 g/mol. The van der Waals surface area contributed by atoms with E-state index in [2.05, 4.69) is 168 Å². The normalized spacial score (nSPS) is 16.7. The van der Waals surface area contributed by atoms with Gasteiger partial charge < -0.3 is 13.9 Å². The second kappa shape index (κ2) is 16.0. The predicted molar refractivity (Wildman–Crippen MR) is 236 cm³/mol. The van der Waals surface area contributed by atoms with Gasteiger partial charge in [0.05, 0.1) is 22.6 Å². The fourth-order valence-corrected chi connectivity index (χ4v) is 7.58. The first kappa shape index (κ1) is 35.2. The van der Waals surface area contributed by atoms with E-state index in [-0.39, 0.29) is 0 Å². The molecule has 8 rings (SSSR count). The van der Waals surface area contributed by atoms with Gasteiger partial charge >= 0.3 is 0 Å². The number of allylic oxidation sites excluding steroid dienone is 16. The van der Waals surface area contributed by atoms with Crippen LogP contribution in [0.3, 0.4) is 0 Å². The third-order valence-corrected chi connectivity index (χ3v) is 10.2. The maximum absolute atomic E-state index is 6.43. The van der Waals surface area contributed by atoms with Crippen LogP contribution in [-0.2, 0) is 6.42 Å². The molecule has 2 aliphatic rings. The molecule has 4 aromatic carbocycles. The second-order valence-electron chi connectivity index (χ2n) is 13.7. The molecule has 0 amide bonds. The lowest BCUT2D eigenvalue weighted by molar-refractivity contribution is 0.668. The van der Waals surface area contributed by atoms with Crippen LogP contribution < -0.4 is 4.90 Å². The minimum Gasteiger partial charge on any atom is -0.456 e. The minimum atomic E-state index is 0.869. The number of nitrogens with zero attached hydrogens (tertiary/aromatic N) is 2. The molecule has 2 heterocycles. The molecular formula is C52H44N2O. The Kier molecular flexibility index (Phi) is 10.3. The summed E-state index contributed by atoms with van der Waals surface area (Å²) >= 11 is 0. The minimum absolute atomic E-state index is 0.869. The number of anilines is 1. The van der Waals surface area contributed by atoms with E-state index in [0.29, 0.717) is 0 Å². The smallest absolute Gasteiger partial charge is 0.137 e. The Morgan fingerprint density at radius 1 is 0.818 bits per heavy atom. The maximum Gasteiger partial charge on any atom is 0.137 e. The van der Waals surface area contributed by atoms with E-state index in [1.165, 1.54) is 10.9 Å². The highest BCUT2D eigenvalue weighted by molar-refractivity contribution is 6.05. The first-order valence-electron chi connectivity index (χ1n) is 19.0. The lowest BCUT2D eigenvalue weighted by Gasteiger charge is -2.28. The van der Waals surface area contributed by atoms with Crippen LogP contribution in [0.1, 0.15) is 36.6 Å². The van der Waals surface area contributed by atoms with Crippen LogP contribution in [0.5, 0.6) is 0 Å². The number of aromatic nitrogens is 1. The summed E-state index contributed by atoms with van der Waals surface area (Å²) in [6, 6.07) is 32.2. The molecule has 0 spiro atoms. The molecule has 0 fully saturated rings. The number of fused-ring (bicyclic) bond motifs is 6. The summed E-state index contributed by atoms with van der Waals surface area (Å²) in [6.07, 6.45) is 36.8. The first-order chi connectivity index (χ1) is 27.1. The van der Waals surface area contributed by atoms with E-state index in [1.54, 1.807) is 0 Å². The van der Waals surface area contributed by atoms with E-state index < -0.39 is 0 Å². The van der Waals surface area contributed by atoms with Gasteiger partial charge in [0.25, 0.3) is 0 Å². The summed E-state index contributed by atoms with van der Waals surface area (Å²) < 4.78 is 8.82. The molecule has 2 aliphatic carbocycles. The largest absolute Gasteiger partial charge is 0.456 e. The molecule has 2 aromatic heterocycles. The molecule has 0 aliphatic heterocycles. The van der Waals surface area contributed by atoms with Gasteiger partial charge in [-0.05, 0) is 91.0 Å². The third-order valence-electron chi connectivity index (χ3n) is 10.2. The second-order valence-corrected chi connectivity index (χ2v) is 13.7. The van der Waals surface area contributed by atoms with Crippen molar-refractivity contribution in [1.29, 1.82) is 0 Å². The summed E-state index contributed by atoms with van der Waals surface area (Å²) in [5.74, 6) is 0. The number of para-hydroxylation sites is 3. The van der Waals surface area contributed by atoms with Gasteiger partial charge in [-0.1, -0.05) is 147 Å². The van der Waals surface area contributed by atoms with Gasteiger partial charge in [0, 0.05) is 39.7 Å². The van der Waals surface area contributed by atoms with E-state index in [0.717, 1.165) is 91.8 Å². The van der Waals surface area contributed by atoms with Gasteiger partial charge in [0.1, 0.15) is 11.2 Å². The molecule has 0 saturated heterocycles. The molecule has 0 N–H and O–H groups in total. The standard InChI is InChI=1S/C52H44N2O/c1-4-6-9-22-39(20-5-2)34-35-53(47-29-17-14-25-42(47)40-23-10-7-8-11-24-40)49-37-50-44(27-13-12-21-38(49)3)43-26-15-18-30-48(43)54(50)41-32-33-46-45-28-16-19-31-51(45)55-52(46)36-41/h4-7,9-12,14-26,28-37H,2-3,8,13,27H2,1H3/b6-4-,21-12-,22-9-,35-34-,39-20-,49-37+. The monoisotopic (exact) mass is 712 g/mol. The Bertz CT molecular complexity index is 2720. The number of aryl methyl sites for hydroxylation is 1. The zero-order chi connectivity index (χ0) is 37.6. The number of hydrogen-bond acceptors (Lipinski definition) is 2. The number of benzene rings is 4. The van der Waals surface area contributed by atoms with Gasteiger partial charge in [-0.3, -0.25) is 0 Å². The van der Waals surface area contributed by atoms with E-state index in [4.69, 9.17) is 11.0 Å². The topological polar surface area (TPSA) is 21.3 Å². The molecular weight excluding hydrogens is 669 g/mol. The highest BCUT2D eigenvalue weighted by atomic mass is 16.3. The van der Waals surface area contributed by atoms with Gasteiger partial charge in [-0.15, -0.1) is 0 Å². The average Bonchev–Trinajstić information content (AvgIpc) is 3.61. The van der Waals surface area contributed by atoms with Crippen LogP contribution in [0.15, 0.2) is 217 Å². The van der Waals surface area contributed by atoms with Crippen molar-refractivity contribution in [2.45, 2.75) is 26.2 Å². The highest BCUT2D eigenvalue weighted by Gasteiger charge is 2.23. The Labute approximate surface area is 323 Å².